The third-order valence-electron chi connectivity index (χ3n) is 3.94. The monoisotopic (exact) mass is 384 g/mol. The van der Waals surface area contributed by atoms with Gasteiger partial charge in [0.2, 0.25) is 5.91 Å². The van der Waals surface area contributed by atoms with E-state index < -0.39 is 32.0 Å². The molecule has 134 valence electrons. The first-order valence-electron chi connectivity index (χ1n) is 7.39. The molecular weight excluding hydrogens is 368 g/mol. The second-order valence-corrected chi connectivity index (χ2v) is 9.36. The molecule has 3 rings (SSSR count). The Morgan fingerprint density at radius 1 is 1.24 bits per heavy atom. The summed E-state index contributed by atoms with van der Waals surface area (Å²) < 4.78 is 51.2. The first-order chi connectivity index (χ1) is 11.7. The van der Waals surface area contributed by atoms with Crippen molar-refractivity contribution in [3.05, 3.63) is 53.8 Å². The van der Waals surface area contributed by atoms with E-state index in [1.165, 1.54) is 18.2 Å². The molecule has 1 aromatic carbocycles. The average Bonchev–Trinajstić information content (AvgIpc) is 2.80. The highest BCUT2D eigenvalue weighted by atomic mass is 32.2. The lowest BCUT2D eigenvalue weighted by molar-refractivity contribution is -0.118. The number of aliphatic hydroxyl groups excluding tert-OH is 1. The van der Waals surface area contributed by atoms with Gasteiger partial charge in [-0.05, 0) is 30.2 Å². The number of carbonyl (C=O) groups excluding carboxylic acids is 1. The Morgan fingerprint density at radius 2 is 1.92 bits per heavy atom. The summed E-state index contributed by atoms with van der Waals surface area (Å²) in [6.45, 7) is -0.379. The molecule has 0 spiro atoms. The molecule has 1 saturated heterocycles. The molecule has 0 aromatic heterocycles. The lowest BCUT2D eigenvalue weighted by atomic mass is 10.0. The van der Waals surface area contributed by atoms with Gasteiger partial charge in [0.1, 0.15) is 5.76 Å². The van der Waals surface area contributed by atoms with Gasteiger partial charge in [-0.25, -0.2) is 13.1 Å². The minimum absolute atomic E-state index is 0.0795. The second kappa shape index (κ2) is 6.28. The standard InChI is InChI=1S/C15H16N2O6S2/c18-14-8-11(10-24(20,21)12-4-2-1-3-5-12)6-7-13(14)17-9-15(19)16-25(17,22)23/h1-6,8,13,18H,7,9-10H2,(H,16,19). The van der Waals surface area contributed by atoms with Gasteiger partial charge in [0.05, 0.1) is 23.2 Å². The summed E-state index contributed by atoms with van der Waals surface area (Å²) in [5.74, 6) is -1.27. The topological polar surface area (TPSA) is 121 Å². The maximum atomic E-state index is 12.4. The Labute approximate surface area is 145 Å². The second-order valence-electron chi connectivity index (χ2n) is 5.75. The molecule has 1 unspecified atom stereocenters. The number of sulfone groups is 1. The van der Waals surface area contributed by atoms with Crippen molar-refractivity contribution >= 4 is 26.0 Å². The smallest absolute Gasteiger partial charge is 0.305 e. The lowest BCUT2D eigenvalue weighted by Crippen LogP contribution is -2.40. The summed E-state index contributed by atoms with van der Waals surface area (Å²) in [7, 11) is -7.55. The number of nitrogens with zero attached hydrogens (tertiary/aromatic N) is 1. The Bertz CT molecular complexity index is 965. The summed E-state index contributed by atoms with van der Waals surface area (Å²) in [5.41, 5.74) is 0.369. The van der Waals surface area contributed by atoms with Crippen LogP contribution in [0.25, 0.3) is 0 Å². The van der Waals surface area contributed by atoms with Crippen LogP contribution in [0.15, 0.2) is 58.7 Å². The predicted molar refractivity (Wildman–Crippen MR) is 89.5 cm³/mol. The van der Waals surface area contributed by atoms with E-state index in [9.17, 15) is 26.7 Å². The van der Waals surface area contributed by atoms with Crippen LogP contribution >= 0.6 is 0 Å². The van der Waals surface area contributed by atoms with Crippen LogP contribution in [0, 0.1) is 0 Å². The van der Waals surface area contributed by atoms with E-state index in [-0.39, 0.29) is 29.4 Å². The van der Waals surface area contributed by atoms with Crippen molar-refractivity contribution in [2.45, 2.75) is 17.4 Å². The normalized spacial score (nSPS) is 23.7. The van der Waals surface area contributed by atoms with E-state index in [1.54, 1.807) is 24.3 Å². The summed E-state index contributed by atoms with van der Waals surface area (Å²) in [4.78, 5) is 11.5. The highest BCUT2D eigenvalue weighted by Crippen LogP contribution is 2.26. The van der Waals surface area contributed by atoms with Gasteiger partial charge in [-0.2, -0.15) is 12.7 Å². The fourth-order valence-corrected chi connectivity index (χ4v) is 5.43. The summed E-state index contributed by atoms with van der Waals surface area (Å²) in [6, 6.07) is 6.99. The minimum atomic E-state index is -3.98. The number of carbonyl (C=O) groups is 1. The quantitative estimate of drug-likeness (QED) is 0.769. The van der Waals surface area contributed by atoms with E-state index in [2.05, 4.69) is 0 Å². The van der Waals surface area contributed by atoms with Crippen LogP contribution in [0.1, 0.15) is 6.42 Å². The van der Waals surface area contributed by atoms with Crippen molar-refractivity contribution in [1.29, 1.82) is 0 Å². The highest BCUT2D eigenvalue weighted by Gasteiger charge is 2.41. The summed E-state index contributed by atoms with van der Waals surface area (Å²) in [5, 5.41) is 10.2. The molecule has 0 saturated carbocycles. The van der Waals surface area contributed by atoms with Crippen molar-refractivity contribution in [3.63, 3.8) is 0 Å². The molecule has 1 aromatic rings. The van der Waals surface area contributed by atoms with Crippen molar-refractivity contribution in [2.75, 3.05) is 12.3 Å². The van der Waals surface area contributed by atoms with E-state index in [4.69, 9.17) is 0 Å². The maximum absolute atomic E-state index is 12.4. The summed E-state index contributed by atoms with van der Waals surface area (Å²) >= 11 is 0. The number of nitrogens with one attached hydrogen (secondary N) is 1. The van der Waals surface area contributed by atoms with Gasteiger partial charge >= 0.3 is 10.2 Å². The fraction of sp³-hybridized carbons (Fsp3) is 0.267. The van der Waals surface area contributed by atoms with Gasteiger partial charge in [-0.15, -0.1) is 0 Å². The number of rotatable bonds is 4. The number of hydrogen-bond donors (Lipinski definition) is 2. The molecule has 1 heterocycles. The molecule has 2 aliphatic rings. The van der Waals surface area contributed by atoms with Crippen molar-refractivity contribution in [1.82, 2.24) is 9.03 Å². The van der Waals surface area contributed by atoms with Crippen molar-refractivity contribution < 1.29 is 26.7 Å². The van der Waals surface area contributed by atoms with Crippen LogP contribution in [0.3, 0.4) is 0 Å². The van der Waals surface area contributed by atoms with E-state index in [0.717, 1.165) is 4.31 Å². The van der Waals surface area contributed by atoms with Crippen LogP contribution in [0.4, 0.5) is 0 Å². The Balaban J connectivity index is 1.78. The molecule has 0 radical (unpaired) electrons. The third kappa shape index (κ3) is 3.60. The van der Waals surface area contributed by atoms with Gasteiger partial charge in [-0.3, -0.25) is 4.79 Å². The molecule has 1 aliphatic carbocycles. The van der Waals surface area contributed by atoms with Gasteiger partial charge in [-0.1, -0.05) is 24.3 Å². The molecule has 1 fully saturated rings. The average molecular weight is 384 g/mol. The third-order valence-corrected chi connectivity index (χ3v) is 7.13. The number of allylic oxidation sites excluding steroid dienone is 1. The van der Waals surface area contributed by atoms with Crippen LogP contribution in [0.5, 0.6) is 0 Å². The van der Waals surface area contributed by atoms with Gasteiger partial charge in [0.15, 0.2) is 9.84 Å². The van der Waals surface area contributed by atoms with Crippen molar-refractivity contribution in [2.24, 2.45) is 0 Å². The molecule has 10 heteroatoms. The Morgan fingerprint density at radius 3 is 2.48 bits per heavy atom. The molecule has 1 atom stereocenters. The number of aliphatic hydroxyl groups is 1. The van der Waals surface area contributed by atoms with Crippen LogP contribution in [0.2, 0.25) is 0 Å². The van der Waals surface area contributed by atoms with Crippen molar-refractivity contribution in [3.8, 4) is 0 Å². The van der Waals surface area contributed by atoms with Gasteiger partial charge in [0.25, 0.3) is 0 Å². The Kier molecular flexibility index (Phi) is 4.43. The van der Waals surface area contributed by atoms with E-state index in [1.807, 2.05) is 4.72 Å². The van der Waals surface area contributed by atoms with Crippen LogP contribution < -0.4 is 4.72 Å². The van der Waals surface area contributed by atoms with Gasteiger partial charge < -0.3 is 5.11 Å². The predicted octanol–water partition coefficient (Wildman–Crippen LogP) is 0.278. The summed E-state index contributed by atoms with van der Waals surface area (Å²) in [6.07, 6.45) is 2.88. The zero-order chi connectivity index (χ0) is 18.2. The number of hydrogen-bond acceptors (Lipinski definition) is 6. The molecule has 0 bridgehead atoms. The minimum Gasteiger partial charge on any atom is -0.511 e. The largest absolute Gasteiger partial charge is 0.511 e. The first-order valence-corrected chi connectivity index (χ1v) is 10.5. The number of amides is 1. The lowest BCUT2D eigenvalue weighted by Gasteiger charge is -2.26. The molecular formula is C15H16N2O6S2. The zero-order valence-corrected chi connectivity index (χ0v) is 14.6. The SMILES string of the molecule is O=C1CN(C2CC=C(CS(=O)(=O)c3ccccc3)C=C2O)S(=O)(=O)N1. The van der Waals surface area contributed by atoms with Gasteiger partial charge in [0, 0.05) is 0 Å². The Hall–Kier alpha value is -2.17. The van der Waals surface area contributed by atoms with Crippen LogP contribution in [-0.2, 0) is 24.8 Å². The van der Waals surface area contributed by atoms with E-state index >= 15 is 0 Å². The molecule has 2 N–H and O–H groups in total. The molecule has 1 amide bonds. The molecule has 25 heavy (non-hydrogen) atoms. The van der Waals surface area contributed by atoms with E-state index in [0.29, 0.717) is 5.57 Å². The molecule has 1 aliphatic heterocycles. The maximum Gasteiger partial charge on any atom is 0.305 e. The number of benzene rings is 1. The zero-order valence-electron chi connectivity index (χ0n) is 13.0. The first kappa shape index (κ1) is 17.6. The van der Waals surface area contributed by atoms with Crippen LogP contribution in [-0.4, -0.2) is 50.5 Å². The fourth-order valence-electron chi connectivity index (χ4n) is 2.76. The molecule has 8 nitrogen and oxygen atoms in total. The highest BCUT2D eigenvalue weighted by molar-refractivity contribution is 7.91.